The van der Waals surface area contributed by atoms with Gasteiger partial charge in [0.25, 0.3) is 0 Å². The van der Waals surface area contributed by atoms with Crippen molar-refractivity contribution in [3.63, 3.8) is 0 Å². The molecule has 31 heavy (non-hydrogen) atoms. The van der Waals surface area contributed by atoms with Crippen molar-refractivity contribution in [1.29, 1.82) is 0 Å². The summed E-state index contributed by atoms with van der Waals surface area (Å²) in [6, 6.07) is -0.856. The molecule has 1 unspecified atom stereocenters. The number of carbonyl (C=O) groups excluding carboxylic acids is 1. The third-order valence-electron chi connectivity index (χ3n) is 4.73. The Balaban J connectivity index is 2.28. The lowest BCUT2D eigenvalue weighted by atomic mass is 9.97. The fraction of sp³-hybridized carbons (Fsp3) is 0.381. The predicted octanol–water partition coefficient (Wildman–Crippen LogP) is 3.27. The first-order valence-electron chi connectivity index (χ1n) is 9.31. The molecule has 1 fully saturated rings. The number of aryl methyl sites for hydroxylation is 1. The highest BCUT2D eigenvalue weighted by atomic mass is 35.5. The molecular formula is C21H24ClNO7S. The van der Waals surface area contributed by atoms with Gasteiger partial charge in [-0.05, 0) is 24.5 Å². The van der Waals surface area contributed by atoms with Crippen LogP contribution in [0.2, 0.25) is 0 Å². The molecule has 8 nitrogen and oxygen atoms in total. The third kappa shape index (κ3) is 6.49. The molecule has 0 amide bonds. The summed E-state index contributed by atoms with van der Waals surface area (Å²) in [7, 11) is 1.27. The Kier molecular flexibility index (Phi) is 8.97. The van der Waals surface area contributed by atoms with Gasteiger partial charge >= 0.3 is 17.8 Å². The first kappa shape index (κ1) is 24.8. The Bertz CT molecular complexity index is 975. The van der Waals surface area contributed by atoms with E-state index in [1.807, 2.05) is 0 Å². The number of thioether (sulfide) groups is 1. The molecule has 1 aliphatic heterocycles. The highest BCUT2D eigenvalue weighted by Gasteiger charge is 2.36. The normalized spacial score (nSPS) is 19.8. The van der Waals surface area contributed by atoms with Crippen LogP contribution < -0.4 is 5.82 Å². The second-order valence-corrected chi connectivity index (χ2v) is 8.39. The van der Waals surface area contributed by atoms with E-state index < -0.39 is 23.8 Å². The lowest BCUT2D eigenvalue weighted by Gasteiger charge is -2.38. The zero-order chi connectivity index (χ0) is 23.1. The lowest BCUT2D eigenvalue weighted by Crippen LogP contribution is -2.48. The number of allylic oxidation sites excluding steroid dienone is 2. The number of carbonyl (C=O) groups is 2. The van der Waals surface area contributed by atoms with Crippen molar-refractivity contribution in [2.24, 2.45) is 0 Å². The Morgan fingerprint density at radius 2 is 2.16 bits per heavy atom. The van der Waals surface area contributed by atoms with Crippen LogP contribution >= 0.6 is 23.4 Å². The van der Waals surface area contributed by atoms with Crippen LogP contribution in [0.3, 0.4) is 0 Å². The number of hydrogen-bond acceptors (Lipinski definition) is 8. The summed E-state index contributed by atoms with van der Waals surface area (Å²) in [5.74, 6) is -1.25. The SMILES string of the molecule is C=C/C=C(\C(=C)Cl)[C@@H](C(=O)OC)N1CCC(SCc2oc(=O)oc2C)/C(=C\C(=O)O)C1. The molecule has 0 bridgehead atoms. The number of likely N-dealkylation sites (tertiary alicyclic amines) is 1. The topological polar surface area (TPSA) is 110 Å². The van der Waals surface area contributed by atoms with Crippen LogP contribution in [0.15, 0.2) is 61.2 Å². The van der Waals surface area contributed by atoms with Crippen molar-refractivity contribution in [3.05, 3.63) is 69.7 Å². The van der Waals surface area contributed by atoms with E-state index in [2.05, 4.69) is 13.2 Å². The smallest absolute Gasteiger partial charge is 0.478 e. The van der Waals surface area contributed by atoms with Crippen LogP contribution in [-0.2, 0) is 20.1 Å². The molecule has 0 saturated carbocycles. The molecule has 2 rings (SSSR count). The van der Waals surface area contributed by atoms with Gasteiger partial charge in [-0.1, -0.05) is 36.9 Å². The fourth-order valence-electron chi connectivity index (χ4n) is 3.32. The molecule has 0 aliphatic carbocycles. The average molecular weight is 470 g/mol. The summed E-state index contributed by atoms with van der Waals surface area (Å²) < 4.78 is 14.8. The van der Waals surface area contributed by atoms with Crippen LogP contribution in [0.25, 0.3) is 0 Å². The number of methoxy groups -OCH3 is 1. The Hall–Kier alpha value is -2.49. The molecule has 1 saturated heterocycles. The first-order valence-corrected chi connectivity index (χ1v) is 10.7. The van der Waals surface area contributed by atoms with E-state index in [1.54, 1.807) is 17.9 Å². The maximum absolute atomic E-state index is 12.6. The third-order valence-corrected chi connectivity index (χ3v) is 6.32. The fourth-order valence-corrected chi connectivity index (χ4v) is 4.73. The number of carboxylic acid groups (broad SMARTS) is 1. The van der Waals surface area contributed by atoms with Crippen LogP contribution in [-0.4, -0.2) is 53.4 Å². The maximum Gasteiger partial charge on any atom is 0.519 e. The van der Waals surface area contributed by atoms with Crippen LogP contribution in [0.1, 0.15) is 17.9 Å². The second kappa shape index (κ2) is 11.2. The quantitative estimate of drug-likeness (QED) is 0.331. The lowest BCUT2D eigenvalue weighted by molar-refractivity contribution is -0.145. The van der Waals surface area contributed by atoms with Gasteiger partial charge in [-0.15, -0.1) is 11.8 Å². The molecule has 2 heterocycles. The summed E-state index contributed by atoms with van der Waals surface area (Å²) in [4.78, 5) is 37.0. The van der Waals surface area contributed by atoms with Gasteiger partial charge < -0.3 is 18.7 Å². The number of rotatable bonds is 9. The van der Waals surface area contributed by atoms with Crippen LogP contribution in [0.4, 0.5) is 0 Å². The van der Waals surface area contributed by atoms with E-state index in [-0.39, 0.29) is 16.8 Å². The average Bonchev–Trinajstić information content (AvgIpc) is 3.03. The minimum absolute atomic E-state index is 0.156. The van der Waals surface area contributed by atoms with Gasteiger partial charge in [-0.25, -0.2) is 14.4 Å². The van der Waals surface area contributed by atoms with Gasteiger partial charge in [0.1, 0.15) is 11.8 Å². The van der Waals surface area contributed by atoms with E-state index in [9.17, 15) is 19.5 Å². The van der Waals surface area contributed by atoms with E-state index >= 15 is 0 Å². The molecular weight excluding hydrogens is 446 g/mol. The number of hydrogen-bond donors (Lipinski definition) is 1. The number of ether oxygens (including phenoxy) is 1. The molecule has 1 aromatic heterocycles. The summed E-state index contributed by atoms with van der Waals surface area (Å²) in [6.07, 6.45) is 4.77. The predicted molar refractivity (Wildman–Crippen MR) is 118 cm³/mol. The molecule has 1 N–H and O–H groups in total. The van der Waals surface area contributed by atoms with Gasteiger partial charge in [0.2, 0.25) is 0 Å². The number of halogens is 1. The van der Waals surface area contributed by atoms with Crippen molar-refractivity contribution >= 4 is 35.3 Å². The summed E-state index contributed by atoms with van der Waals surface area (Å²) in [6.45, 7) is 9.67. The Morgan fingerprint density at radius 1 is 1.45 bits per heavy atom. The molecule has 10 heteroatoms. The highest BCUT2D eigenvalue weighted by Crippen LogP contribution is 2.34. The minimum Gasteiger partial charge on any atom is -0.478 e. The van der Waals surface area contributed by atoms with Crippen molar-refractivity contribution in [1.82, 2.24) is 4.90 Å². The van der Waals surface area contributed by atoms with Gasteiger partial charge in [0, 0.05) is 29.4 Å². The van der Waals surface area contributed by atoms with Gasteiger partial charge in [0.05, 0.1) is 12.9 Å². The van der Waals surface area contributed by atoms with Gasteiger partial charge in [-0.3, -0.25) is 4.90 Å². The van der Waals surface area contributed by atoms with Crippen LogP contribution in [0, 0.1) is 6.92 Å². The van der Waals surface area contributed by atoms with E-state index in [0.29, 0.717) is 41.4 Å². The summed E-state index contributed by atoms with van der Waals surface area (Å²) in [5, 5.41) is 9.36. The zero-order valence-electron chi connectivity index (χ0n) is 17.3. The van der Waals surface area contributed by atoms with Crippen molar-refractivity contribution in [3.8, 4) is 0 Å². The number of carboxylic acids is 1. The molecule has 168 valence electrons. The molecule has 1 aromatic rings. The second-order valence-electron chi connectivity index (χ2n) is 6.74. The van der Waals surface area contributed by atoms with E-state index in [4.69, 9.17) is 25.2 Å². The van der Waals surface area contributed by atoms with E-state index in [0.717, 1.165) is 6.08 Å². The molecule has 0 radical (unpaired) electrons. The first-order chi connectivity index (χ1) is 14.7. The van der Waals surface area contributed by atoms with E-state index in [1.165, 1.54) is 24.9 Å². The van der Waals surface area contributed by atoms with Crippen molar-refractivity contribution < 1.29 is 28.3 Å². The standard InChI is InChI=1S/C21H24ClNO7S/c1-5-6-15(12(2)22)19(20(26)28-4)23-8-7-17(14(10-23)9-18(24)25)31-11-16-13(3)29-21(27)30-16/h5-6,9,17,19H,1-2,7-8,10-11H2,3-4H3,(H,24,25)/b14-9-,15-6+/t17?,19-/m0/s1. The van der Waals surface area contributed by atoms with Crippen molar-refractivity contribution in [2.75, 3.05) is 20.2 Å². The Morgan fingerprint density at radius 3 is 2.68 bits per heavy atom. The van der Waals surface area contributed by atoms with Gasteiger partial charge in [-0.2, -0.15) is 0 Å². The molecule has 1 aliphatic rings. The summed E-state index contributed by atoms with van der Waals surface area (Å²) in [5.41, 5.74) is 1.04. The number of esters is 1. The van der Waals surface area contributed by atoms with Gasteiger partial charge in [0.15, 0.2) is 5.76 Å². The molecule has 0 aromatic carbocycles. The number of nitrogens with zero attached hydrogens (tertiary/aromatic N) is 1. The maximum atomic E-state index is 12.6. The monoisotopic (exact) mass is 469 g/mol. The largest absolute Gasteiger partial charge is 0.519 e. The Labute approximate surface area is 188 Å². The van der Waals surface area contributed by atoms with Crippen LogP contribution in [0.5, 0.6) is 0 Å². The number of aliphatic carboxylic acids is 1. The summed E-state index contributed by atoms with van der Waals surface area (Å²) >= 11 is 7.56. The highest BCUT2D eigenvalue weighted by molar-refractivity contribution is 7.99. The minimum atomic E-state index is -1.09. The number of piperidine rings is 1. The molecule has 2 atom stereocenters. The molecule has 0 spiro atoms. The zero-order valence-corrected chi connectivity index (χ0v) is 18.8. The van der Waals surface area contributed by atoms with Crippen molar-refractivity contribution in [2.45, 2.75) is 30.4 Å².